The van der Waals surface area contributed by atoms with Gasteiger partial charge in [0.05, 0.1) is 0 Å². The molecule has 0 spiro atoms. The van der Waals surface area contributed by atoms with Crippen molar-refractivity contribution in [3.8, 4) is 0 Å². The molecule has 1 rings (SSSR count). The summed E-state index contributed by atoms with van der Waals surface area (Å²) >= 11 is 0. The van der Waals surface area contributed by atoms with Gasteiger partial charge in [-0.3, -0.25) is 4.99 Å². The number of nitrogens with two attached hydrogens (primary N) is 1. The van der Waals surface area contributed by atoms with Crippen LogP contribution in [0.2, 0.25) is 0 Å². The predicted octanol–water partition coefficient (Wildman–Crippen LogP) is 1.30. The fourth-order valence-electron chi connectivity index (χ4n) is 1.62. The van der Waals surface area contributed by atoms with Crippen molar-refractivity contribution in [2.45, 2.75) is 19.9 Å². The van der Waals surface area contributed by atoms with Crippen molar-refractivity contribution < 1.29 is 0 Å². The molecule has 82 valence electrons. The zero-order valence-electron chi connectivity index (χ0n) is 9.67. The average Bonchev–Trinajstić information content (AvgIpc) is 2.28. The van der Waals surface area contributed by atoms with Crippen LogP contribution in [0.3, 0.4) is 0 Å². The molecule has 0 bridgehead atoms. The Morgan fingerprint density at radius 2 is 2.20 bits per heavy atom. The Morgan fingerprint density at radius 1 is 1.47 bits per heavy atom. The lowest BCUT2D eigenvalue weighted by molar-refractivity contribution is 0.815. The van der Waals surface area contributed by atoms with Gasteiger partial charge in [0.25, 0.3) is 0 Å². The topological polar surface area (TPSA) is 50.4 Å². The van der Waals surface area contributed by atoms with Crippen LogP contribution in [0.25, 0.3) is 0 Å². The van der Waals surface area contributed by atoms with E-state index in [1.165, 1.54) is 11.1 Å². The van der Waals surface area contributed by atoms with E-state index in [1.54, 1.807) is 7.05 Å². The highest BCUT2D eigenvalue weighted by Gasteiger charge is 2.05. The summed E-state index contributed by atoms with van der Waals surface area (Å²) in [5.41, 5.74) is 9.42. The maximum Gasteiger partial charge on any atom is 0.125 e. The van der Waals surface area contributed by atoms with E-state index >= 15 is 0 Å². The molecule has 0 radical (unpaired) electrons. The van der Waals surface area contributed by atoms with Crippen molar-refractivity contribution in [3.05, 3.63) is 34.9 Å². The number of amidine groups is 1. The molecule has 3 N–H and O–H groups in total. The molecule has 0 aromatic heterocycles. The Bertz CT molecular complexity index is 356. The molecule has 0 amide bonds. The molecule has 0 aliphatic heterocycles. The number of aryl methyl sites for hydroxylation is 1. The van der Waals surface area contributed by atoms with Crippen LogP contribution in [-0.2, 0) is 13.0 Å². The summed E-state index contributed by atoms with van der Waals surface area (Å²) in [6.07, 6.45) is 0.975. The largest absolute Gasteiger partial charge is 0.384 e. The highest BCUT2D eigenvalue weighted by Crippen LogP contribution is 2.12. The van der Waals surface area contributed by atoms with Gasteiger partial charge in [0.15, 0.2) is 0 Å². The van der Waals surface area contributed by atoms with Crippen LogP contribution < -0.4 is 11.1 Å². The molecule has 3 heteroatoms. The summed E-state index contributed by atoms with van der Waals surface area (Å²) in [4.78, 5) is 4.02. The van der Waals surface area contributed by atoms with Gasteiger partial charge in [0.1, 0.15) is 5.84 Å². The minimum Gasteiger partial charge on any atom is -0.384 e. The third kappa shape index (κ3) is 2.80. The van der Waals surface area contributed by atoms with E-state index in [9.17, 15) is 0 Å². The number of nitrogens with one attached hydrogen (secondary N) is 1. The zero-order chi connectivity index (χ0) is 11.3. The monoisotopic (exact) mass is 205 g/mol. The Balaban J connectivity index is 3.09. The van der Waals surface area contributed by atoms with Crippen LogP contribution in [0.15, 0.2) is 23.2 Å². The van der Waals surface area contributed by atoms with Crippen molar-refractivity contribution in [2.75, 3.05) is 14.1 Å². The quantitative estimate of drug-likeness (QED) is 0.575. The summed E-state index contributed by atoms with van der Waals surface area (Å²) in [6, 6.07) is 6.32. The molecule has 0 saturated carbocycles. The number of aliphatic imine (C=N–C) groups is 1. The van der Waals surface area contributed by atoms with Gasteiger partial charge in [-0.25, -0.2) is 0 Å². The smallest absolute Gasteiger partial charge is 0.125 e. The lowest BCUT2D eigenvalue weighted by Gasteiger charge is -2.09. The van der Waals surface area contributed by atoms with Crippen LogP contribution >= 0.6 is 0 Å². The number of rotatable bonds is 4. The van der Waals surface area contributed by atoms with Gasteiger partial charge < -0.3 is 11.1 Å². The minimum absolute atomic E-state index is 0.614. The molecule has 0 aliphatic rings. The highest BCUT2D eigenvalue weighted by atomic mass is 14.8. The predicted molar refractivity (Wildman–Crippen MR) is 65.2 cm³/mol. The summed E-state index contributed by atoms with van der Waals surface area (Å²) in [6.45, 7) is 3.02. The number of hydrogen-bond donors (Lipinski definition) is 2. The maximum absolute atomic E-state index is 5.83. The van der Waals surface area contributed by atoms with Gasteiger partial charge in [-0.1, -0.05) is 25.1 Å². The van der Waals surface area contributed by atoms with Crippen molar-refractivity contribution >= 4 is 5.84 Å². The highest BCUT2D eigenvalue weighted by molar-refractivity contribution is 5.98. The van der Waals surface area contributed by atoms with Crippen molar-refractivity contribution in [2.24, 2.45) is 10.7 Å². The van der Waals surface area contributed by atoms with E-state index < -0.39 is 0 Å². The van der Waals surface area contributed by atoms with Crippen LogP contribution in [0.1, 0.15) is 23.6 Å². The first-order valence-corrected chi connectivity index (χ1v) is 5.22. The molecular weight excluding hydrogens is 186 g/mol. The molecule has 0 saturated heterocycles. The van der Waals surface area contributed by atoms with Crippen LogP contribution in [0, 0.1) is 0 Å². The van der Waals surface area contributed by atoms with E-state index in [0.29, 0.717) is 5.84 Å². The van der Waals surface area contributed by atoms with Gasteiger partial charge in [-0.15, -0.1) is 0 Å². The second-order valence-corrected chi connectivity index (χ2v) is 3.48. The van der Waals surface area contributed by atoms with Gasteiger partial charge >= 0.3 is 0 Å². The van der Waals surface area contributed by atoms with E-state index in [4.69, 9.17) is 5.73 Å². The number of benzene rings is 1. The molecule has 0 heterocycles. The van der Waals surface area contributed by atoms with Crippen molar-refractivity contribution in [1.82, 2.24) is 5.32 Å². The summed E-state index contributed by atoms with van der Waals surface area (Å²) in [5, 5.41) is 3.14. The fraction of sp³-hybridized carbons (Fsp3) is 0.417. The SMILES string of the molecule is CCc1cc(CNC)ccc1C(N)=NC. The van der Waals surface area contributed by atoms with Gasteiger partial charge in [0, 0.05) is 19.2 Å². The molecular formula is C12H19N3. The first-order chi connectivity index (χ1) is 7.22. The second kappa shape index (κ2) is 5.51. The lowest BCUT2D eigenvalue weighted by atomic mass is 10.0. The first kappa shape index (κ1) is 11.7. The Hall–Kier alpha value is -1.35. The summed E-state index contributed by atoms with van der Waals surface area (Å²) in [5.74, 6) is 0.614. The van der Waals surface area contributed by atoms with Crippen LogP contribution in [0.4, 0.5) is 0 Å². The van der Waals surface area contributed by atoms with Crippen molar-refractivity contribution in [3.63, 3.8) is 0 Å². The number of hydrogen-bond acceptors (Lipinski definition) is 2. The first-order valence-electron chi connectivity index (χ1n) is 5.22. The maximum atomic E-state index is 5.83. The van der Waals surface area contributed by atoms with Gasteiger partial charge in [-0.2, -0.15) is 0 Å². The average molecular weight is 205 g/mol. The standard InChI is InChI=1S/C12H19N3/c1-4-10-7-9(8-14-2)5-6-11(10)12(13)15-3/h5-7,14H,4,8H2,1-3H3,(H2,13,15). The molecule has 0 atom stereocenters. The fourth-order valence-corrected chi connectivity index (χ4v) is 1.62. The van der Waals surface area contributed by atoms with E-state index in [2.05, 4.69) is 29.4 Å². The normalized spacial score (nSPS) is 11.8. The van der Waals surface area contributed by atoms with E-state index in [0.717, 1.165) is 18.5 Å². The third-order valence-electron chi connectivity index (χ3n) is 2.45. The Morgan fingerprint density at radius 3 is 2.73 bits per heavy atom. The Kier molecular flexibility index (Phi) is 4.31. The minimum atomic E-state index is 0.614. The molecule has 1 aromatic rings. The molecule has 0 unspecified atom stereocenters. The van der Waals surface area contributed by atoms with E-state index in [1.807, 2.05) is 13.1 Å². The lowest BCUT2D eigenvalue weighted by Crippen LogP contribution is -2.16. The molecule has 15 heavy (non-hydrogen) atoms. The number of nitrogens with zero attached hydrogens (tertiary/aromatic N) is 1. The van der Waals surface area contributed by atoms with Gasteiger partial charge in [0.2, 0.25) is 0 Å². The van der Waals surface area contributed by atoms with Crippen molar-refractivity contribution in [1.29, 1.82) is 0 Å². The third-order valence-corrected chi connectivity index (χ3v) is 2.45. The second-order valence-electron chi connectivity index (χ2n) is 3.48. The van der Waals surface area contributed by atoms with E-state index in [-0.39, 0.29) is 0 Å². The summed E-state index contributed by atoms with van der Waals surface area (Å²) in [7, 11) is 3.66. The summed E-state index contributed by atoms with van der Waals surface area (Å²) < 4.78 is 0. The zero-order valence-corrected chi connectivity index (χ0v) is 9.67. The van der Waals surface area contributed by atoms with Gasteiger partial charge in [-0.05, 0) is 24.6 Å². The molecule has 0 aliphatic carbocycles. The van der Waals surface area contributed by atoms with Crippen LogP contribution in [-0.4, -0.2) is 19.9 Å². The Labute approximate surface area is 91.4 Å². The molecule has 0 fully saturated rings. The molecule has 1 aromatic carbocycles. The van der Waals surface area contributed by atoms with Crippen LogP contribution in [0.5, 0.6) is 0 Å². The molecule has 3 nitrogen and oxygen atoms in total.